The number of esters is 1. The number of rotatable bonds is 6. The van der Waals surface area contributed by atoms with Gasteiger partial charge in [0, 0.05) is 32.4 Å². The van der Waals surface area contributed by atoms with E-state index in [1.165, 1.54) is 0 Å². The van der Waals surface area contributed by atoms with E-state index in [9.17, 15) is 14.7 Å². The van der Waals surface area contributed by atoms with E-state index in [1.807, 2.05) is 32.0 Å². The Morgan fingerprint density at radius 1 is 1.11 bits per heavy atom. The molecule has 0 amide bonds. The first-order valence-corrected chi connectivity index (χ1v) is 11.4. The van der Waals surface area contributed by atoms with Crippen molar-refractivity contribution in [2.75, 3.05) is 19.8 Å². The zero-order valence-electron chi connectivity index (χ0n) is 20.6. The summed E-state index contributed by atoms with van der Waals surface area (Å²) in [4.78, 5) is 25.2. The first kappa shape index (κ1) is 26.1. The summed E-state index contributed by atoms with van der Waals surface area (Å²) >= 11 is 0. The number of hydrogen-bond donors (Lipinski definition) is 1. The molecule has 0 saturated heterocycles. The lowest BCUT2D eigenvalue weighted by molar-refractivity contribution is -0.147. The molecule has 35 heavy (non-hydrogen) atoms. The Morgan fingerprint density at radius 3 is 2.26 bits per heavy atom. The van der Waals surface area contributed by atoms with Gasteiger partial charge in [0.05, 0.1) is 25.4 Å². The van der Waals surface area contributed by atoms with Crippen LogP contribution in [0.1, 0.15) is 67.8 Å². The molecular weight excluding hydrogens is 450 g/mol. The van der Waals surface area contributed by atoms with Crippen LogP contribution in [-0.2, 0) is 20.4 Å². The van der Waals surface area contributed by atoms with Gasteiger partial charge in [0.1, 0.15) is 17.6 Å². The number of carbonyl (C=O) groups excluding carboxylic acids is 2. The summed E-state index contributed by atoms with van der Waals surface area (Å²) in [5.41, 5.74) is 11.7. The van der Waals surface area contributed by atoms with Crippen molar-refractivity contribution in [1.29, 1.82) is 0 Å². The van der Waals surface area contributed by atoms with Gasteiger partial charge in [-0.1, -0.05) is 63.1 Å². The van der Waals surface area contributed by atoms with Crippen molar-refractivity contribution in [3.63, 3.8) is 0 Å². The van der Waals surface area contributed by atoms with Crippen LogP contribution in [0.3, 0.4) is 0 Å². The summed E-state index contributed by atoms with van der Waals surface area (Å²) in [6.07, 6.45) is -0.473. The third-order valence-corrected chi connectivity index (χ3v) is 6.15. The summed E-state index contributed by atoms with van der Waals surface area (Å²) in [7, 11) is 0. The van der Waals surface area contributed by atoms with Crippen LogP contribution in [0.15, 0.2) is 41.5 Å². The van der Waals surface area contributed by atoms with Gasteiger partial charge in [-0.3, -0.25) is 9.59 Å². The monoisotopic (exact) mass is 481 g/mol. The van der Waals surface area contributed by atoms with E-state index in [1.54, 1.807) is 25.1 Å². The third kappa shape index (κ3) is 5.26. The van der Waals surface area contributed by atoms with Gasteiger partial charge < -0.3 is 19.3 Å². The first-order valence-electron chi connectivity index (χ1n) is 11.4. The van der Waals surface area contributed by atoms with E-state index in [4.69, 9.17) is 19.7 Å². The Balaban J connectivity index is 0.000000223. The van der Waals surface area contributed by atoms with Crippen LogP contribution in [-0.4, -0.2) is 43.2 Å². The second kappa shape index (κ2) is 10.4. The lowest BCUT2D eigenvalue weighted by atomic mass is 9.85. The molecule has 1 N–H and O–H groups in total. The Kier molecular flexibility index (Phi) is 7.73. The molecule has 2 unspecified atom stereocenters. The molecule has 0 saturated carbocycles. The number of carbonyl (C=O) groups is 2. The van der Waals surface area contributed by atoms with E-state index in [0.29, 0.717) is 30.1 Å². The molecule has 0 spiro atoms. The molecule has 0 radical (unpaired) electrons. The van der Waals surface area contributed by atoms with Gasteiger partial charge in [-0.15, -0.1) is 0 Å². The average molecular weight is 482 g/mol. The van der Waals surface area contributed by atoms with Gasteiger partial charge in [-0.25, -0.2) is 0 Å². The summed E-state index contributed by atoms with van der Waals surface area (Å²) in [5.74, 6) is 0.549. The summed E-state index contributed by atoms with van der Waals surface area (Å²) in [5, 5.41) is 13.9. The molecule has 0 bridgehead atoms. The number of aliphatic hydroxyl groups excluding tert-OH is 1. The Hall–Kier alpha value is -3.55. The fourth-order valence-corrected chi connectivity index (χ4v) is 4.18. The molecule has 4 rings (SSSR count). The van der Waals surface area contributed by atoms with Crippen LogP contribution in [0, 0.1) is 0 Å². The highest BCUT2D eigenvalue weighted by Crippen LogP contribution is 2.43. The molecule has 2 aromatic carbocycles. The molecule has 9 nitrogen and oxygen atoms in total. The molecule has 2 heterocycles. The van der Waals surface area contributed by atoms with Crippen molar-refractivity contribution >= 4 is 12.3 Å². The van der Waals surface area contributed by atoms with Crippen LogP contribution >= 0.6 is 0 Å². The highest BCUT2D eigenvalue weighted by atomic mass is 16.5. The number of aliphatic hydroxyl groups is 1. The number of benzene rings is 2. The summed E-state index contributed by atoms with van der Waals surface area (Å²) in [6, 6.07) is 9.73. The Bertz CT molecular complexity index is 1150. The minimum absolute atomic E-state index is 0.0361. The topological polar surface area (TPSA) is 131 Å². The minimum Gasteiger partial charge on any atom is -0.492 e. The maximum absolute atomic E-state index is 11.9. The average Bonchev–Trinajstić information content (AvgIpc) is 3.32. The van der Waals surface area contributed by atoms with Crippen molar-refractivity contribution < 1.29 is 28.9 Å². The Labute approximate surface area is 204 Å². The Morgan fingerprint density at radius 2 is 1.69 bits per heavy atom. The molecule has 9 heteroatoms. The number of hydrogen-bond acceptors (Lipinski definition) is 7. The molecular formula is C26H31N3O6. The van der Waals surface area contributed by atoms with Crippen LogP contribution < -0.4 is 9.47 Å². The second-order valence-corrected chi connectivity index (χ2v) is 9.76. The van der Waals surface area contributed by atoms with E-state index in [2.05, 4.69) is 23.9 Å². The molecule has 2 aliphatic heterocycles. The number of fused-ring (bicyclic) bond motifs is 2. The minimum atomic E-state index is -1.34. The van der Waals surface area contributed by atoms with Gasteiger partial charge in [-0.2, -0.15) is 0 Å². The van der Waals surface area contributed by atoms with Crippen molar-refractivity contribution in [2.45, 2.75) is 57.6 Å². The number of aldehydes is 1. The predicted molar refractivity (Wildman–Crippen MR) is 130 cm³/mol. The zero-order valence-corrected chi connectivity index (χ0v) is 20.6. The highest BCUT2D eigenvalue weighted by molar-refractivity contribution is 5.81. The van der Waals surface area contributed by atoms with Gasteiger partial charge in [0.15, 0.2) is 12.3 Å². The first-order chi connectivity index (χ1) is 16.6. The lowest BCUT2D eigenvalue weighted by Crippen LogP contribution is -2.28. The van der Waals surface area contributed by atoms with Crippen LogP contribution in [0.25, 0.3) is 10.4 Å². The van der Waals surface area contributed by atoms with Crippen molar-refractivity contribution in [3.05, 3.63) is 69.1 Å². The summed E-state index contributed by atoms with van der Waals surface area (Å²) < 4.78 is 16.0. The van der Waals surface area contributed by atoms with Gasteiger partial charge >= 0.3 is 5.97 Å². The largest absolute Gasteiger partial charge is 0.492 e. The van der Waals surface area contributed by atoms with Gasteiger partial charge in [0.2, 0.25) is 0 Å². The smallest absolute Gasteiger partial charge is 0.317 e. The molecule has 0 fully saturated rings. The molecule has 2 aliphatic rings. The SMILES string of the molecule is CC1(C)COc2c(C=O)cccc21.CCOC(=O)C(N=[N+]=[N-])C(O)c1cccc2c1OCC2(C)C. The number of nitrogens with zero attached hydrogens (tertiary/aromatic N) is 3. The fraction of sp³-hybridized carbons (Fsp3) is 0.462. The third-order valence-electron chi connectivity index (χ3n) is 6.15. The fourth-order valence-electron chi connectivity index (χ4n) is 4.18. The van der Waals surface area contributed by atoms with Crippen LogP contribution in [0.2, 0.25) is 0 Å². The maximum atomic E-state index is 11.9. The normalized spacial score (nSPS) is 17.7. The van der Waals surface area contributed by atoms with E-state index < -0.39 is 18.1 Å². The van der Waals surface area contributed by atoms with Crippen molar-refractivity contribution in [1.82, 2.24) is 0 Å². The van der Waals surface area contributed by atoms with Crippen molar-refractivity contribution in [2.24, 2.45) is 5.11 Å². The molecule has 186 valence electrons. The zero-order chi connectivity index (χ0) is 25.8. The summed E-state index contributed by atoms with van der Waals surface area (Å²) in [6.45, 7) is 11.2. The molecule has 0 aliphatic carbocycles. The van der Waals surface area contributed by atoms with Crippen molar-refractivity contribution in [3.8, 4) is 11.5 Å². The maximum Gasteiger partial charge on any atom is 0.317 e. The number of azide groups is 1. The van der Waals surface area contributed by atoms with E-state index in [0.717, 1.165) is 23.2 Å². The quantitative estimate of drug-likeness (QED) is 0.207. The molecule has 2 atom stereocenters. The van der Waals surface area contributed by atoms with E-state index in [-0.39, 0.29) is 17.4 Å². The molecule has 2 aromatic rings. The predicted octanol–water partition coefficient (Wildman–Crippen LogP) is 4.80. The van der Waals surface area contributed by atoms with E-state index >= 15 is 0 Å². The molecule has 0 aromatic heterocycles. The second-order valence-electron chi connectivity index (χ2n) is 9.76. The van der Waals surface area contributed by atoms with Crippen LogP contribution in [0.5, 0.6) is 11.5 Å². The number of ether oxygens (including phenoxy) is 3. The van der Waals surface area contributed by atoms with Gasteiger partial charge in [-0.05, 0) is 18.5 Å². The standard InChI is InChI=1S/C15H19N3O4.C11H12O2/c1-4-21-14(20)11(17-18-16)12(19)9-6-5-7-10-13(9)22-8-15(10,2)3;1-11(2)7-13-10-8(6-12)4-3-5-9(10)11/h5-7,11-12,19H,4,8H2,1-3H3;3-6H,7H2,1-2H3. The lowest BCUT2D eigenvalue weighted by Gasteiger charge is -2.20. The highest BCUT2D eigenvalue weighted by Gasteiger charge is 2.37. The van der Waals surface area contributed by atoms with Crippen LogP contribution in [0.4, 0.5) is 0 Å². The van der Waals surface area contributed by atoms with Gasteiger partial charge in [0.25, 0.3) is 0 Å². The number of para-hydroxylation sites is 2.